The molecule has 0 radical (unpaired) electrons. The van der Waals surface area contributed by atoms with Gasteiger partial charge in [0.25, 0.3) is 5.91 Å². The number of amides is 1. The summed E-state index contributed by atoms with van der Waals surface area (Å²) in [5.74, 6) is 0.988. The Labute approximate surface area is 116 Å². The normalized spacial score (nSPS) is 10.3. The SMILES string of the molecule is CNC(=O)c1ccc(N)c(OCc2c(C)noc2C)c1. The maximum absolute atomic E-state index is 11.6. The Morgan fingerprint density at radius 1 is 1.45 bits per heavy atom. The Balaban J connectivity index is 2.19. The topological polar surface area (TPSA) is 90.4 Å². The molecule has 2 aromatic rings. The van der Waals surface area contributed by atoms with Crippen LogP contribution in [0.25, 0.3) is 0 Å². The van der Waals surface area contributed by atoms with Crippen molar-refractivity contribution in [1.82, 2.24) is 10.5 Å². The highest BCUT2D eigenvalue weighted by atomic mass is 16.5. The van der Waals surface area contributed by atoms with Crippen molar-refractivity contribution in [3.05, 3.63) is 40.8 Å². The summed E-state index contributed by atoms with van der Waals surface area (Å²) in [4.78, 5) is 11.6. The minimum absolute atomic E-state index is 0.188. The number of nitrogen functional groups attached to an aromatic ring is 1. The van der Waals surface area contributed by atoms with E-state index in [4.69, 9.17) is 15.0 Å². The molecule has 0 aliphatic carbocycles. The van der Waals surface area contributed by atoms with E-state index < -0.39 is 0 Å². The molecule has 0 unspecified atom stereocenters. The van der Waals surface area contributed by atoms with Gasteiger partial charge >= 0.3 is 0 Å². The van der Waals surface area contributed by atoms with E-state index in [1.807, 2.05) is 13.8 Å². The van der Waals surface area contributed by atoms with Crippen molar-refractivity contribution >= 4 is 11.6 Å². The Hall–Kier alpha value is -2.50. The van der Waals surface area contributed by atoms with Crippen LogP contribution in [0.2, 0.25) is 0 Å². The third-order valence-corrected chi connectivity index (χ3v) is 3.06. The van der Waals surface area contributed by atoms with Crippen LogP contribution in [0.5, 0.6) is 5.75 Å². The lowest BCUT2D eigenvalue weighted by molar-refractivity contribution is 0.0962. The Bertz CT molecular complexity index is 615. The van der Waals surface area contributed by atoms with Gasteiger partial charge in [-0.15, -0.1) is 0 Å². The van der Waals surface area contributed by atoms with Crippen molar-refractivity contribution in [3.63, 3.8) is 0 Å². The van der Waals surface area contributed by atoms with E-state index in [1.54, 1.807) is 25.2 Å². The molecule has 106 valence electrons. The lowest BCUT2D eigenvalue weighted by Crippen LogP contribution is -2.17. The molecule has 1 aromatic heterocycles. The molecule has 0 saturated carbocycles. The molecule has 6 heteroatoms. The number of carbonyl (C=O) groups excluding carboxylic acids is 1. The van der Waals surface area contributed by atoms with Crippen LogP contribution in [0.1, 0.15) is 27.4 Å². The molecule has 0 saturated heterocycles. The van der Waals surface area contributed by atoms with Gasteiger partial charge < -0.3 is 20.3 Å². The average molecular weight is 275 g/mol. The highest BCUT2D eigenvalue weighted by molar-refractivity contribution is 5.95. The van der Waals surface area contributed by atoms with Gasteiger partial charge in [0.05, 0.1) is 16.9 Å². The van der Waals surface area contributed by atoms with Crippen LogP contribution < -0.4 is 15.8 Å². The van der Waals surface area contributed by atoms with Gasteiger partial charge in [-0.2, -0.15) is 0 Å². The first kappa shape index (κ1) is 13.9. The van der Waals surface area contributed by atoms with Crippen molar-refractivity contribution in [2.75, 3.05) is 12.8 Å². The highest BCUT2D eigenvalue weighted by Crippen LogP contribution is 2.25. The Morgan fingerprint density at radius 3 is 2.80 bits per heavy atom. The summed E-state index contributed by atoms with van der Waals surface area (Å²) in [6, 6.07) is 4.91. The molecule has 0 spiro atoms. The average Bonchev–Trinajstić information content (AvgIpc) is 2.76. The molecule has 0 bridgehead atoms. The molecule has 1 aromatic carbocycles. The quantitative estimate of drug-likeness (QED) is 0.830. The van der Waals surface area contributed by atoms with E-state index in [0.29, 0.717) is 29.4 Å². The molecule has 1 heterocycles. The number of benzene rings is 1. The van der Waals surface area contributed by atoms with Crippen LogP contribution in [0.4, 0.5) is 5.69 Å². The Morgan fingerprint density at radius 2 is 2.20 bits per heavy atom. The lowest BCUT2D eigenvalue weighted by atomic mass is 10.1. The standard InChI is InChI=1S/C14H17N3O3/c1-8-11(9(2)20-17-8)7-19-13-6-10(14(18)16-3)4-5-12(13)15/h4-6H,7,15H2,1-3H3,(H,16,18). The predicted octanol–water partition coefficient (Wildman–Crippen LogP) is 1.81. The van der Waals surface area contributed by atoms with Gasteiger partial charge in [-0.3, -0.25) is 4.79 Å². The number of carbonyl (C=O) groups is 1. The van der Waals surface area contributed by atoms with E-state index in [9.17, 15) is 4.79 Å². The number of nitrogens with two attached hydrogens (primary N) is 1. The summed E-state index contributed by atoms with van der Waals surface area (Å²) < 4.78 is 10.7. The fourth-order valence-electron chi connectivity index (χ4n) is 1.80. The third-order valence-electron chi connectivity index (χ3n) is 3.06. The van der Waals surface area contributed by atoms with Gasteiger partial charge in [0.1, 0.15) is 18.1 Å². The lowest BCUT2D eigenvalue weighted by Gasteiger charge is -2.10. The van der Waals surface area contributed by atoms with Crippen LogP contribution in [-0.2, 0) is 6.61 Å². The molecular weight excluding hydrogens is 258 g/mol. The number of nitrogens with one attached hydrogen (secondary N) is 1. The molecule has 0 aliphatic rings. The predicted molar refractivity (Wildman–Crippen MR) is 74.6 cm³/mol. The highest BCUT2D eigenvalue weighted by Gasteiger charge is 2.12. The Kier molecular flexibility index (Phi) is 3.93. The van der Waals surface area contributed by atoms with E-state index in [0.717, 1.165) is 11.3 Å². The van der Waals surface area contributed by atoms with Crippen molar-refractivity contribution in [3.8, 4) is 5.75 Å². The number of rotatable bonds is 4. The number of hydrogen-bond acceptors (Lipinski definition) is 5. The first-order valence-corrected chi connectivity index (χ1v) is 6.19. The zero-order chi connectivity index (χ0) is 14.7. The largest absolute Gasteiger partial charge is 0.487 e. The van der Waals surface area contributed by atoms with E-state index in [-0.39, 0.29) is 5.91 Å². The van der Waals surface area contributed by atoms with Crippen LogP contribution >= 0.6 is 0 Å². The van der Waals surface area contributed by atoms with E-state index >= 15 is 0 Å². The van der Waals surface area contributed by atoms with E-state index in [1.165, 1.54) is 0 Å². The first-order valence-electron chi connectivity index (χ1n) is 6.19. The van der Waals surface area contributed by atoms with Gasteiger partial charge in [0, 0.05) is 12.6 Å². The number of anilines is 1. The molecule has 2 rings (SSSR count). The molecule has 0 atom stereocenters. The molecule has 0 aliphatic heterocycles. The van der Waals surface area contributed by atoms with Crippen LogP contribution in [-0.4, -0.2) is 18.1 Å². The van der Waals surface area contributed by atoms with Gasteiger partial charge in [-0.05, 0) is 32.0 Å². The van der Waals surface area contributed by atoms with Gasteiger partial charge in [-0.1, -0.05) is 5.16 Å². The minimum Gasteiger partial charge on any atom is -0.487 e. The second kappa shape index (κ2) is 5.64. The minimum atomic E-state index is -0.188. The number of aromatic nitrogens is 1. The summed E-state index contributed by atoms with van der Waals surface area (Å²) in [5.41, 5.74) is 8.49. The smallest absolute Gasteiger partial charge is 0.251 e. The monoisotopic (exact) mass is 275 g/mol. The van der Waals surface area contributed by atoms with Crippen molar-refractivity contribution in [2.45, 2.75) is 20.5 Å². The molecule has 1 amide bonds. The second-order valence-electron chi connectivity index (χ2n) is 4.42. The first-order chi connectivity index (χ1) is 9.52. The van der Waals surface area contributed by atoms with Crippen molar-refractivity contribution < 1.29 is 14.1 Å². The zero-order valence-corrected chi connectivity index (χ0v) is 11.7. The van der Waals surface area contributed by atoms with Gasteiger partial charge in [-0.25, -0.2) is 0 Å². The summed E-state index contributed by atoms with van der Waals surface area (Å²) in [6.07, 6.45) is 0. The summed E-state index contributed by atoms with van der Waals surface area (Å²) in [6.45, 7) is 3.96. The maximum atomic E-state index is 11.6. The van der Waals surface area contributed by atoms with Gasteiger partial charge in [0.15, 0.2) is 0 Å². The number of ether oxygens (including phenoxy) is 1. The van der Waals surface area contributed by atoms with Crippen LogP contribution in [0.3, 0.4) is 0 Å². The number of aryl methyl sites for hydroxylation is 2. The second-order valence-corrected chi connectivity index (χ2v) is 4.42. The van der Waals surface area contributed by atoms with Crippen molar-refractivity contribution in [1.29, 1.82) is 0 Å². The fraction of sp³-hybridized carbons (Fsp3) is 0.286. The molecule has 6 nitrogen and oxygen atoms in total. The summed E-state index contributed by atoms with van der Waals surface area (Å²) >= 11 is 0. The number of nitrogens with zero attached hydrogens (tertiary/aromatic N) is 1. The molecule has 20 heavy (non-hydrogen) atoms. The summed E-state index contributed by atoms with van der Waals surface area (Å²) in [5, 5.41) is 6.42. The fourth-order valence-corrected chi connectivity index (χ4v) is 1.80. The third kappa shape index (κ3) is 2.74. The van der Waals surface area contributed by atoms with Crippen molar-refractivity contribution in [2.24, 2.45) is 0 Å². The molecular formula is C14H17N3O3. The summed E-state index contributed by atoms with van der Waals surface area (Å²) in [7, 11) is 1.57. The molecule has 3 N–H and O–H groups in total. The zero-order valence-electron chi connectivity index (χ0n) is 11.7. The van der Waals surface area contributed by atoms with Crippen LogP contribution in [0, 0.1) is 13.8 Å². The van der Waals surface area contributed by atoms with E-state index in [2.05, 4.69) is 10.5 Å². The number of hydrogen-bond donors (Lipinski definition) is 2. The van der Waals surface area contributed by atoms with Gasteiger partial charge in [0.2, 0.25) is 0 Å². The molecule has 0 fully saturated rings. The maximum Gasteiger partial charge on any atom is 0.251 e. The van der Waals surface area contributed by atoms with Crippen LogP contribution in [0.15, 0.2) is 22.7 Å².